The molecule has 3 amide bonds. The van der Waals surface area contributed by atoms with Gasteiger partial charge in [0.25, 0.3) is 0 Å². The second-order valence-corrected chi connectivity index (χ2v) is 8.53. The maximum absolute atomic E-state index is 12.9. The molecule has 0 saturated heterocycles. The van der Waals surface area contributed by atoms with E-state index in [4.69, 9.17) is 10.8 Å². The average molecular weight is 499 g/mol. The molecule has 0 radical (unpaired) electrons. The van der Waals surface area contributed by atoms with Crippen LogP contribution in [0.2, 0.25) is 0 Å². The van der Waals surface area contributed by atoms with Crippen LogP contribution in [-0.2, 0) is 30.4 Å². The van der Waals surface area contributed by atoms with Gasteiger partial charge in [-0.25, -0.2) is 4.79 Å². The van der Waals surface area contributed by atoms with Gasteiger partial charge < -0.3 is 37.0 Å². The van der Waals surface area contributed by atoms with Gasteiger partial charge in [0.05, 0.1) is 12.5 Å². The molecule has 1 aromatic rings. The van der Waals surface area contributed by atoms with Gasteiger partial charge in [-0.05, 0) is 43.0 Å². The van der Waals surface area contributed by atoms with E-state index in [0.29, 0.717) is 11.3 Å². The van der Waals surface area contributed by atoms with E-state index in [1.165, 1.54) is 43.0 Å². The maximum atomic E-state index is 12.9. The number of carboxylic acids is 2. The number of rotatable bonds is 14. The molecule has 34 heavy (non-hydrogen) atoms. The third-order valence-electron chi connectivity index (χ3n) is 4.72. The number of thioether (sulfide) groups is 1. The Morgan fingerprint density at radius 1 is 0.941 bits per heavy atom. The number of nitrogens with one attached hydrogen (secondary N) is 3. The molecule has 0 bridgehead atoms. The smallest absolute Gasteiger partial charge is 0.326 e. The van der Waals surface area contributed by atoms with Crippen molar-refractivity contribution in [3.05, 3.63) is 29.8 Å². The molecule has 1 aromatic carbocycles. The predicted octanol–water partition coefficient (Wildman–Crippen LogP) is -0.951. The number of phenols is 1. The van der Waals surface area contributed by atoms with E-state index >= 15 is 0 Å². The van der Waals surface area contributed by atoms with E-state index in [1.807, 2.05) is 0 Å². The standard InChI is InChI=1S/C21H30N4O8S/c1-11(18(29)24-15(21(32)33)7-8-34-2)23-20(31)16(9-12-3-5-13(26)6-4-12)25-19(30)14(22)10-17(27)28/h3-6,11,14-16,26H,7-10,22H2,1-2H3,(H,23,31)(H,24,29)(H,25,30)(H,27,28)(H,32,33). The zero-order valence-corrected chi connectivity index (χ0v) is 19.6. The lowest BCUT2D eigenvalue weighted by Crippen LogP contribution is -2.57. The van der Waals surface area contributed by atoms with Gasteiger partial charge in [-0.1, -0.05) is 12.1 Å². The molecule has 4 atom stereocenters. The van der Waals surface area contributed by atoms with Gasteiger partial charge >= 0.3 is 11.9 Å². The fourth-order valence-electron chi connectivity index (χ4n) is 2.81. The predicted molar refractivity (Wildman–Crippen MR) is 124 cm³/mol. The number of carboxylic acid groups (broad SMARTS) is 2. The van der Waals surface area contributed by atoms with Crippen LogP contribution >= 0.6 is 11.8 Å². The summed E-state index contributed by atoms with van der Waals surface area (Å²) in [5.41, 5.74) is 6.13. The SMILES string of the molecule is CSCCC(NC(=O)C(C)NC(=O)C(Cc1ccc(O)cc1)NC(=O)C(N)CC(=O)O)C(=O)O. The van der Waals surface area contributed by atoms with Crippen LogP contribution < -0.4 is 21.7 Å². The second kappa shape index (κ2) is 14.1. The molecule has 0 saturated carbocycles. The average Bonchev–Trinajstić information content (AvgIpc) is 2.76. The molecule has 0 aliphatic heterocycles. The molecule has 4 unspecified atom stereocenters. The van der Waals surface area contributed by atoms with Crippen molar-refractivity contribution in [2.24, 2.45) is 5.73 Å². The third kappa shape index (κ3) is 10.1. The van der Waals surface area contributed by atoms with Crippen LogP contribution in [0.15, 0.2) is 24.3 Å². The normalized spacial score (nSPS) is 14.2. The second-order valence-electron chi connectivity index (χ2n) is 7.55. The first kappa shape index (κ1) is 28.7. The van der Waals surface area contributed by atoms with Crippen molar-refractivity contribution in [1.29, 1.82) is 0 Å². The topological polar surface area (TPSA) is 208 Å². The van der Waals surface area contributed by atoms with Crippen molar-refractivity contribution >= 4 is 41.4 Å². The van der Waals surface area contributed by atoms with E-state index in [1.54, 1.807) is 6.26 Å². The van der Waals surface area contributed by atoms with Gasteiger partial charge in [-0.3, -0.25) is 19.2 Å². The number of hydrogen-bond donors (Lipinski definition) is 7. The summed E-state index contributed by atoms with van der Waals surface area (Å²) in [7, 11) is 0. The number of nitrogens with two attached hydrogens (primary N) is 1. The fourth-order valence-corrected chi connectivity index (χ4v) is 3.28. The van der Waals surface area contributed by atoms with E-state index < -0.39 is 60.2 Å². The van der Waals surface area contributed by atoms with E-state index in [-0.39, 0.29) is 18.6 Å². The first-order valence-electron chi connectivity index (χ1n) is 10.3. The van der Waals surface area contributed by atoms with Crippen LogP contribution in [0.1, 0.15) is 25.3 Å². The summed E-state index contributed by atoms with van der Waals surface area (Å²) >= 11 is 1.42. The number of carbonyl (C=O) groups excluding carboxylic acids is 3. The van der Waals surface area contributed by atoms with Crippen LogP contribution in [0, 0.1) is 0 Å². The minimum atomic E-state index is -1.40. The molecule has 0 spiro atoms. The molecule has 1 rings (SSSR count). The summed E-state index contributed by atoms with van der Waals surface area (Å²) in [6.45, 7) is 1.36. The number of aromatic hydroxyl groups is 1. The number of benzene rings is 1. The van der Waals surface area contributed by atoms with Gasteiger partial charge in [0.1, 0.15) is 23.9 Å². The van der Waals surface area contributed by atoms with Crippen molar-refractivity contribution in [3.63, 3.8) is 0 Å². The molecule has 188 valence electrons. The molecule has 12 nitrogen and oxygen atoms in total. The van der Waals surface area contributed by atoms with Crippen molar-refractivity contribution in [2.45, 2.75) is 50.4 Å². The lowest BCUT2D eigenvalue weighted by atomic mass is 10.0. The summed E-state index contributed by atoms with van der Waals surface area (Å²) in [5, 5.41) is 34.7. The highest BCUT2D eigenvalue weighted by atomic mass is 32.2. The lowest BCUT2D eigenvalue weighted by molar-refractivity contribution is -0.142. The molecule has 0 aromatic heterocycles. The zero-order chi connectivity index (χ0) is 25.8. The molecular weight excluding hydrogens is 468 g/mol. The Balaban J connectivity index is 2.92. The molecule has 0 heterocycles. The number of hydrogen-bond acceptors (Lipinski definition) is 8. The Hall–Kier alpha value is -3.32. The molecule has 13 heteroatoms. The molecule has 0 fully saturated rings. The van der Waals surface area contributed by atoms with Gasteiger partial charge in [0, 0.05) is 6.42 Å². The summed E-state index contributed by atoms with van der Waals surface area (Å²) in [6, 6.07) is 0.950. The largest absolute Gasteiger partial charge is 0.508 e. The minimum Gasteiger partial charge on any atom is -0.508 e. The Morgan fingerprint density at radius 3 is 2.06 bits per heavy atom. The Morgan fingerprint density at radius 2 is 1.53 bits per heavy atom. The maximum Gasteiger partial charge on any atom is 0.326 e. The van der Waals surface area contributed by atoms with E-state index in [2.05, 4.69) is 16.0 Å². The molecule has 0 aliphatic rings. The minimum absolute atomic E-state index is 0.00276. The van der Waals surface area contributed by atoms with Gasteiger partial charge in [-0.2, -0.15) is 11.8 Å². The van der Waals surface area contributed by atoms with Gasteiger partial charge in [0.15, 0.2) is 0 Å². The number of aliphatic carboxylic acids is 2. The number of carbonyl (C=O) groups is 5. The molecular formula is C21H30N4O8S. The Bertz CT molecular complexity index is 880. The van der Waals surface area contributed by atoms with Crippen molar-refractivity contribution in [3.8, 4) is 5.75 Å². The highest BCUT2D eigenvalue weighted by molar-refractivity contribution is 7.98. The quantitative estimate of drug-likeness (QED) is 0.167. The van der Waals surface area contributed by atoms with Crippen molar-refractivity contribution < 1.29 is 39.3 Å². The number of amides is 3. The summed E-state index contributed by atoms with van der Waals surface area (Å²) in [5.74, 6) is -4.34. The Kier molecular flexibility index (Phi) is 11.9. The van der Waals surface area contributed by atoms with Crippen LogP contribution in [0.25, 0.3) is 0 Å². The monoisotopic (exact) mass is 498 g/mol. The summed E-state index contributed by atoms with van der Waals surface area (Å²) in [4.78, 5) is 59.8. The number of phenolic OH excluding ortho intramolecular Hbond substituents is 1. The first-order chi connectivity index (χ1) is 15.9. The van der Waals surface area contributed by atoms with Crippen LogP contribution in [0.5, 0.6) is 5.75 Å². The lowest BCUT2D eigenvalue weighted by Gasteiger charge is -2.23. The molecule has 0 aliphatic carbocycles. The van der Waals surface area contributed by atoms with E-state index in [9.17, 15) is 34.2 Å². The van der Waals surface area contributed by atoms with Gasteiger partial charge in [0.2, 0.25) is 17.7 Å². The highest BCUT2D eigenvalue weighted by Gasteiger charge is 2.29. The third-order valence-corrected chi connectivity index (χ3v) is 5.36. The van der Waals surface area contributed by atoms with Crippen LogP contribution in [0.3, 0.4) is 0 Å². The van der Waals surface area contributed by atoms with Crippen molar-refractivity contribution in [2.75, 3.05) is 12.0 Å². The summed E-state index contributed by atoms with van der Waals surface area (Å²) in [6.07, 6.45) is 1.31. The summed E-state index contributed by atoms with van der Waals surface area (Å²) < 4.78 is 0. The highest BCUT2D eigenvalue weighted by Crippen LogP contribution is 2.12. The molecule has 8 N–H and O–H groups in total. The zero-order valence-electron chi connectivity index (χ0n) is 18.8. The van der Waals surface area contributed by atoms with Crippen LogP contribution in [-0.4, -0.2) is 81.2 Å². The Labute approximate surface area is 200 Å². The first-order valence-corrected chi connectivity index (χ1v) is 11.7. The van der Waals surface area contributed by atoms with E-state index in [0.717, 1.165) is 0 Å². The fraction of sp³-hybridized carbons (Fsp3) is 0.476. The van der Waals surface area contributed by atoms with Gasteiger partial charge in [-0.15, -0.1) is 0 Å². The van der Waals surface area contributed by atoms with Crippen LogP contribution in [0.4, 0.5) is 0 Å². The van der Waals surface area contributed by atoms with Crippen molar-refractivity contribution in [1.82, 2.24) is 16.0 Å².